The van der Waals surface area contributed by atoms with Crippen LogP contribution in [0.3, 0.4) is 0 Å². The van der Waals surface area contributed by atoms with Gasteiger partial charge in [-0.15, -0.1) is 0 Å². The Morgan fingerprint density at radius 3 is 2.33 bits per heavy atom. The first kappa shape index (κ1) is 14.5. The van der Waals surface area contributed by atoms with Gasteiger partial charge in [0.15, 0.2) is 0 Å². The molecule has 0 spiro atoms. The molecule has 7 unspecified atom stereocenters. The van der Waals surface area contributed by atoms with Gasteiger partial charge in [0.25, 0.3) is 0 Å². The molecule has 4 aliphatic carbocycles. The molecular formula is C20H35N. The molecule has 4 aliphatic rings. The van der Waals surface area contributed by atoms with Gasteiger partial charge in [0, 0.05) is 6.04 Å². The second-order valence-corrected chi connectivity index (χ2v) is 8.94. The average Bonchev–Trinajstić information content (AvgIpc) is 3.15. The van der Waals surface area contributed by atoms with Crippen molar-refractivity contribution in [2.45, 2.75) is 83.1 Å². The Hall–Kier alpha value is -0.0400. The van der Waals surface area contributed by atoms with Crippen molar-refractivity contribution >= 4 is 0 Å². The molecular weight excluding hydrogens is 254 g/mol. The standard InChI is InChI=1S/C20H35N/c1-21-20(13-19-11-14-6-7-17(19)10-14)18-9-8-15-4-2-3-5-16(15)12-18/h14-21H,2-13H2,1H3. The Morgan fingerprint density at radius 1 is 0.810 bits per heavy atom. The van der Waals surface area contributed by atoms with Gasteiger partial charge in [0.05, 0.1) is 0 Å². The van der Waals surface area contributed by atoms with E-state index in [9.17, 15) is 0 Å². The average molecular weight is 290 g/mol. The van der Waals surface area contributed by atoms with Crippen molar-refractivity contribution in [2.75, 3.05) is 7.05 Å². The number of rotatable bonds is 4. The molecule has 0 amide bonds. The zero-order valence-corrected chi connectivity index (χ0v) is 14.0. The molecule has 120 valence electrons. The van der Waals surface area contributed by atoms with Gasteiger partial charge in [-0.2, -0.15) is 0 Å². The van der Waals surface area contributed by atoms with E-state index in [-0.39, 0.29) is 0 Å². The molecule has 4 fully saturated rings. The van der Waals surface area contributed by atoms with E-state index in [4.69, 9.17) is 0 Å². The van der Waals surface area contributed by atoms with E-state index in [2.05, 4.69) is 12.4 Å². The first-order valence-electron chi connectivity index (χ1n) is 10.0. The molecule has 1 nitrogen and oxygen atoms in total. The zero-order valence-electron chi connectivity index (χ0n) is 14.0. The molecule has 0 aromatic rings. The van der Waals surface area contributed by atoms with Crippen molar-refractivity contribution in [3.05, 3.63) is 0 Å². The normalized spacial score (nSPS) is 47.3. The molecule has 0 aromatic heterocycles. The third-order valence-electron chi connectivity index (χ3n) is 7.96. The number of hydrogen-bond donors (Lipinski definition) is 1. The summed E-state index contributed by atoms with van der Waals surface area (Å²) >= 11 is 0. The lowest BCUT2D eigenvalue weighted by molar-refractivity contribution is 0.101. The molecule has 7 atom stereocenters. The van der Waals surface area contributed by atoms with E-state index < -0.39 is 0 Å². The third-order valence-corrected chi connectivity index (χ3v) is 7.96. The highest BCUT2D eigenvalue weighted by molar-refractivity contribution is 4.94. The maximum atomic E-state index is 3.75. The van der Waals surface area contributed by atoms with E-state index in [1.807, 2.05) is 0 Å². The topological polar surface area (TPSA) is 12.0 Å². The predicted molar refractivity (Wildman–Crippen MR) is 89.2 cm³/mol. The fourth-order valence-corrected chi connectivity index (χ4v) is 6.81. The van der Waals surface area contributed by atoms with Crippen LogP contribution in [0, 0.1) is 35.5 Å². The highest BCUT2D eigenvalue weighted by atomic mass is 14.9. The van der Waals surface area contributed by atoms with E-state index in [0.717, 1.165) is 41.5 Å². The minimum absolute atomic E-state index is 0.831. The quantitative estimate of drug-likeness (QED) is 0.767. The van der Waals surface area contributed by atoms with E-state index in [1.54, 1.807) is 51.4 Å². The smallest absolute Gasteiger partial charge is 0.00951 e. The van der Waals surface area contributed by atoms with Gasteiger partial charge in [0.1, 0.15) is 0 Å². The summed E-state index contributed by atoms with van der Waals surface area (Å²) in [7, 11) is 2.24. The second-order valence-electron chi connectivity index (χ2n) is 8.94. The van der Waals surface area contributed by atoms with E-state index >= 15 is 0 Å². The summed E-state index contributed by atoms with van der Waals surface area (Å²) < 4.78 is 0. The number of nitrogens with one attached hydrogen (secondary N) is 1. The van der Waals surface area contributed by atoms with Gasteiger partial charge in [-0.1, -0.05) is 32.1 Å². The van der Waals surface area contributed by atoms with Gasteiger partial charge >= 0.3 is 0 Å². The van der Waals surface area contributed by atoms with Gasteiger partial charge < -0.3 is 5.32 Å². The van der Waals surface area contributed by atoms with Crippen LogP contribution in [0.1, 0.15) is 77.0 Å². The van der Waals surface area contributed by atoms with Crippen molar-refractivity contribution in [3.8, 4) is 0 Å². The summed E-state index contributed by atoms with van der Waals surface area (Å²) in [5.74, 6) is 6.49. The van der Waals surface area contributed by atoms with Crippen LogP contribution in [0.15, 0.2) is 0 Å². The molecule has 0 aliphatic heterocycles. The maximum Gasteiger partial charge on any atom is 0.00951 e. The molecule has 0 radical (unpaired) electrons. The van der Waals surface area contributed by atoms with Crippen LogP contribution >= 0.6 is 0 Å². The fraction of sp³-hybridized carbons (Fsp3) is 1.00. The van der Waals surface area contributed by atoms with Gasteiger partial charge in [-0.3, -0.25) is 0 Å². The molecule has 4 rings (SSSR count). The van der Waals surface area contributed by atoms with Crippen LogP contribution in [0.5, 0.6) is 0 Å². The minimum atomic E-state index is 0.831. The summed E-state index contributed by atoms with van der Waals surface area (Å²) in [6, 6.07) is 0.831. The Balaban J connectivity index is 1.35. The lowest BCUT2D eigenvalue weighted by Crippen LogP contribution is -2.41. The van der Waals surface area contributed by atoms with E-state index in [1.165, 1.54) is 25.7 Å². The maximum absolute atomic E-state index is 3.75. The van der Waals surface area contributed by atoms with Crippen molar-refractivity contribution in [2.24, 2.45) is 35.5 Å². The summed E-state index contributed by atoms with van der Waals surface area (Å²) in [4.78, 5) is 0. The second kappa shape index (κ2) is 6.22. The Labute approximate surface area is 131 Å². The van der Waals surface area contributed by atoms with Gasteiger partial charge in [-0.25, -0.2) is 0 Å². The van der Waals surface area contributed by atoms with Gasteiger partial charge in [-0.05, 0) is 87.5 Å². The molecule has 0 aromatic carbocycles. The van der Waals surface area contributed by atoms with E-state index in [0.29, 0.717) is 0 Å². The summed E-state index contributed by atoms with van der Waals surface area (Å²) in [5.41, 5.74) is 0. The molecule has 1 heteroatoms. The zero-order chi connectivity index (χ0) is 14.2. The monoisotopic (exact) mass is 289 g/mol. The molecule has 21 heavy (non-hydrogen) atoms. The van der Waals surface area contributed by atoms with Crippen LogP contribution in [0.4, 0.5) is 0 Å². The molecule has 0 heterocycles. The SMILES string of the molecule is CNC(CC1CC2CCC1C2)C1CCC2CCCCC2C1. The summed E-state index contributed by atoms with van der Waals surface area (Å²) in [6.07, 6.45) is 18.5. The minimum Gasteiger partial charge on any atom is -0.317 e. The largest absolute Gasteiger partial charge is 0.317 e. The number of fused-ring (bicyclic) bond motifs is 3. The van der Waals surface area contributed by atoms with Gasteiger partial charge in [0.2, 0.25) is 0 Å². The summed E-state index contributed by atoms with van der Waals surface area (Å²) in [5, 5.41) is 3.75. The van der Waals surface area contributed by atoms with Crippen LogP contribution in [-0.4, -0.2) is 13.1 Å². The Morgan fingerprint density at radius 2 is 1.62 bits per heavy atom. The van der Waals surface area contributed by atoms with Crippen molar-refractivity contribution in [1.82, 2.24) is 5.32 Å². The summed E-state index contributed by atoms with van der Waals surface area (Å²) in [6.45, 7) is 0. The molecule has 4 saturated carbocycles. The predicted octanol–water partition coefficient (Wildman–Crippen LogP) is 5.01. The van der Waals surface area contributed by atoms with Crippen molar-refractivity contribution < 1.29 is 0 Å². The van der Waals surface area contributed by atoms with Crippen molar-refractivity contribution in [1.29, 1.82) is 0 Å². The van der Waals surface area contributed by atoms with Crippen LogP contribution in [0.2, 0.25) is 0 Å². The highest BCUT2D eigenvalue weighted by Crippen LogP contribution is 2.51. The molecule has 2 bridgehead atoms. The Bertz CT molecular complexity index is 352. The Kier molecular flexibility index (Phi) is 4.31. The van der Waals surface area contributed by atoms with Crippen LogP contribution in [-0.2, 0) is 0 Å². The first-order chi connectivity index (χ1) is 10.3. The number of hydrogen-bond acceptors (Lipinski definition) is 1. The highest BCUT2D eigenvalue weighted by Gasteiger charge is 2.42. The first-order valence-corrected chi connectivity index (χ1v) is 10.0. The lowest BCUT2D eigenvalue weighted by Gasteiger charge is -2.43. The third kappa shape index (κ3) is 2.92. The van der Waals surface area contributed by atoms with Crippen LogP contribution in [0.25, 0.3) is 0 Å². The van der Waals surface area contributed by atoms with Crippen LogP contribution < -0.4 is 5.32 Å². The molecule has 0 saturated heterocycles. The fourth-order valence-electron chi connectivity index (χ4n) is 6.81. The molecule has 1 N–H and O–H groups in total. The lowest BCUT2D eigenvalue weighted by atomic mass is 9.65. The van der Waals surface area contributed by atoms with Crippen molar-refractivity contribution in [3.63, 3.8) is 0 Å².